The van der Waals surface area contributed by atoms with Crippen LogP contribution in [0.4, 0.5) is 4.39 Å². The van der Waals surface area contributed by atoms with E-state index in [-0.39, 0.29) is 5.82 Å². The van der Waals surface area contributed by atoms with E-state index in [4.69, 9.17) is 9.73 Å². The number of hydrogen-bond donors (Lipinski definition) is 2. The number of ether oxygens (including phenoxy) is 1. The van der Waals surface area contributed by atoms with Crippen LogP contribution in [0.25, 0.3) is 0 Å². The molecule has 0 saturated carbocycles. The van der Waals surface area contributed by atoms with Crippen LogP contribution in [0.15, 0.2) is 23.2 Å². The van der Waals surface area contributed by atoms with Gasteiger partial charge in [-0.25, -0.2) is 9.37 Å². The third-order valence-electron chi connectivity index (χ3n) is 5.50. The van der Waals surface area contributed by atoms with E-state index in [0.717, 1.165) is 74.2 Å². The summed E-state index contributed by atoms with van der Waals surface area (Å²) in [5.74, 6) is 0.881. The van der Waals surface area contributed by atoms with Crippen LogP contribution in [0.2, 0.25) is 0 Å². The Morgan fingerprint density at radius 1 is 1.32 bits per heavy atom. The predicted molar refractivity (Wildman–Crippen MR) is 126 cm³/mol. The molecule has 3 rings (SSSR count). The van der Waals surface area contributed by atoms with Crippen molar-refractivity contribution in [2.75, 3.05) is 33.3 Å². The number of nitrogens with zero attached hydrogens (tertiary/aromatic N) is 3. The molecule has 2 N–H and O–H groups in total. The van der Waals surface area contributed by atoms with E-state index in [1.54, 1.807) is 23.5 Å². The maximum absolute atomic E-state index is 13.9. The highest BCUT2D eigenvalue weighted by atomic mass is 32.1. The predicted octanol–water partition coefficient (Wildman–Crippen LogP) is 3.67. The fourth-order valence-corrected chi connectivity index (χ4v) is 4.82. The highest BCUT2D eigenvalue weighted by molar-refractivity contribution is 7.11. The minimum Gasteiger partial charge on any atom is -0.494 e. The molecule has 1 saturated heterocycles. The molecule has 1 aliphatic heterocycles. The number of rotatable bonds is 8. The van der Waals surface area contributed by atoms with Crippen molar-refractivity contribution in [3.05, 3.63) is 45.2 Å². The lowest BCUT2D eigenvalue weighted by Gasteiger charge is -2.33. The Balaban J connectivity index is 1.47. The van der Waals surface area contributed by atoms with Crippen molar-refractivity contribution in [3.63, 3.8) is 0 Å². The molecule has 1 fully saturated rings. The molecule has 0 radical (unpaired) electrons. The second-order valence-corrected chi connectivity index (χ2v) is 9.20. The van der Waals surface area contributed by atoms with Crippen LogP contribution in [-0.2, 0) is 13.0 Å². The molecular formula is C23H34FN5OS. The van der Waals surface area contributed by atoms with Crippen molar-refractivity contribution in [3.8, 4) is 5.75 Å². The van der Waals surface area contributed by atoms with Gasteiger partial charge in [-0.3, -0.25) is 9.89 Å². The number of piperidine rings is 1. The van der Waals surface area contributed by atoms with Gasteiger partial charge in [0.1, 0.15) is 0 Å². The van der Waals surface area contributed by atoms with Gasteiger partial charge in [0.2, 0.25) is 0 Å². The summed E-state index contributed by atoms with van der Waals surface area (Å²) in [6, 6.07) is 5.61. The van der Waals surface area contributed by atoms with Gasteiger partial charge in [0.05, 0.1) is 17.8 Å². The number of likely N-dealkylation sites (tertiary alicyclic amines) is 1. The van der Waals surface area contributed by atoms with Crippen molar-refractivity contribution >= 4 is 17.3 Å². The zero-order chi connectivity index (χ0) is 22.2. The van der Waals surface area contributed by atoms with Gasteiger partial charge in [-0.1, -0.05) is 6.07 Å². The van der Waals surface area contributed by atoms with Crippen molar-refractivity contribution in [1.29, 1.82) is 0 Å². The first-order valence-electron chi connectivity index (χ1n) is 11.0. The molecule has 0 bridgehead atoms. The van der Waals surface area contributed by atoms with E-state index in [2.05, 4.69) is 34.4 Å². The minimum atomic E-state index is -0.299. The Kier molecular flexibility index (Phi) is 8.66. The number of halogens is 1. The summed E-state index contributed by atoms with van der Waals surface area (Å²) in [5.41, 5.74) is 2.10. The number of guanidine groups is 1. The topological polar surface area (TPSA) is 61.8 Å². The van der Waals surface area contributed by atoms with Gasteiger partial charge in [-0.15, -0.1) is 11.3 Å². The summed E-state index contributed by atoms with van der Waals surface area (Å²) in [6.07, 6.45) is 3.00. The van der Waals surface area contributed by atoms with E-state index >= 15 is 0 Å². The second-order valence-electron chi connectivity index (χ2n) is 7.92. The maximum Gasteiger partial charge on any atom is 0.191 e. The number of thiazole rings is 1. The number of aliphatic imine (C=N–C) groups is 1. The summed E-state index contributed by atoms with van der Waals surface area (Å²) in [5, 5.41) is 8.07. The lowest BCUT2D eigenvalue weighted by atomic mass is 10.0. The first kappa shape index (κ1) is 23.5. The Labute approximate surface area is 188 Å². The number of methoxy groups -OCH3 is 1. The van der Waals surface area contributed by atoms with Crippen molar-refractivity contribution in [2.45, 2.75) is 52.6 Å². The summed E-state index contributed by atoms with van der Waals surface area (Å²) in [6.45, 7) is 10.5. The van der Waals surface area contributed by atoms with Gasteiger partial charge in [0.25, 0.3) is 0 Å². The number of hydrogen-bond acceptors (Lipinski definition) is 5. The standard InChI is InChI=1S/C23H34FN5OS/c1-5-25-23(26-11-8-22-16(2)27-17(3)31-22)28-19-9-12-29(13-10-19)15-18-6-7-21(30-4)20(24)14-18/h6-7,14,19H,5,8-13,15H2,1-4H3,(H2,25,26,28). The highest BCUT2D eigenvalue weighted by Gasteiger charge is 2.20. The van der Waals surface area contributed by atoms with Gasteiger partial charge < -0.3 is 15.4 Å². The summed E-state index contributed by atoms with van der Waals surface area (Å²) < 4.78 is 18.9. The molecule has 31 heavy (non-hydrogen) atoms. The first-order valence-corrected chi connectivity index (χ1v) is 11.8. The molecule has 0 unspecified atom stereocenters. The average molecular weight is 448 g/mol. The molecule has 170 valence electrons. The van der Waals surface area contributed by atoms with Gasteiger partial charge in [-0.2, -0.15) is 0 Å². The zero-order valence-corrected chi connectivity index (χ0v) is 19.8. The first-order chi connectivity index (χ1) is 15.0. The van der Waals surface area contributed by atoms with E-state index < -0.39 is 0 Å². The van der Waals surface area contributed by atoms with E-state index in [9.17, 15) is 4.39 Å². The summed E-state index contributed by atoms with van der Waals surface area (Å²) in [4.78, 5) is 13.0. The Morgan fingerprint density at radius 2 is 2.10 bits per heavy atom. The fraction of sp³-hybridized carbons (Fsp3) is 0.565. The number of benzene rings is 1. The molecular weight excluding hydrogens is 413 g/mol. The molecule has 1 aliphatic rings. The number of aromatic nitrogens is 1. The normalized spacial score (nSPS) is 15.8. The molecule has 0 aliphatic carbocycles. The quantitative estimate of drug-likeness (QED) is 0.478. The SMILES string of the molecule is CCNC(=NCCc1sc(C)nc1C)NC1CCN(Cc2ccc(OC)c(F)c2)CC1. The van der Waals surface area contributed by atoms with Gasteiger partial charge in [0, 0.05) is 50.1 Å². The van der Waals surface area contributed by atoms with Crippen molar-refractivity contribution < 1.29 is 9.13 Å². The van der Waals surface area contributed by atoms with Gasteiger partial charge in [0.15, 0.2) is 17.5 Å². The largest absolute Gasteiger partial charge is 0.494 e. The smallest absolute Gasteiger partial charge is 0.191 e. The molecule has 2 heterocycles. The monoisotopic (exact) mass is 447 g/mol. The van der Waals surface area contributed by atoms with Crippen LogP contribution in [-0.4, -0.2) is 55.2 Å². The number of aryl methyl sites for hydroxylation is 2. The highest BCUT2D eigenvalue weighted by Crippen LogP contribution is 2.20. The maximum atomic E-state index is 13.9. The molecule has 2 aromatic rings. The van der Waals surface area contributed by atoms with Crippen LogP contribution in [0, 0.1) is 19.7 Å². The fourth-order valence-electron chi connectivity index (χ4n) is 3.89. The molecule has 6 nitrogen and oxygen atoms in total. The summed E-state index contributed by atoms with van der Waals surface area (Å²) >= 11 is 1.76. The molecule has 0 spiro atoms. The lowest BCUT2D eigenvalue weighted by Crippen LogP contribution is -2.48. The van der Waals surface area contributed by atoms with Crippen LogP contribution < -0.4 is 15.4 Å². The lowest BCUT2D eigenvalue weighted by molar-refractivity contribution is 0.198. The van der Waals surface area contributed by atoms with E-state index in [1.807, 2.05) is 13.0 Å². The average Bonchev–Trinajstić information content (AvgIpc) is 3.06. The van der Waals surface area contributed by atoms with Crippen molar-refractivity contribution in [1.82, 2.24) is 20.5 Å². The Morgan fingerprint density at radius 3 is 2.71 bits per heavy atom. The zero-order valence-electron chi connectivity index (χ0n) is 19.0. The minimum absolute atomic E-state index is 0.294. The van der Waals surface area contributed by atoms with Crippen molar-refractivity contribution in [2.24, 2.45) is 4.99 Å². The Hall–Kier alpha value is -2.19. The second kappa shape index (κ2) is 11.4. The molecule has 8 heteroatoms. The summed E-state index contributed by atoms with van der Waals surface area (Å²) in [7, 11) is 1.49. The van der Waals surface area contributed by atoms with Gasteiger partial charge >= 0.3 is 0 Å². The third kappa shape index (κ3) is 6.90. The Bertz CT molecular complexity index is 877. The van der Waals surface area contributed by atoms with Crippen LogP contribution in [0.1, 0.15) is 40.9 Å². The molecule has 1 aromatic heterocycles. The molecule has 1 aromatic carbocycles. The molecule has 0 atom stereocenters. The number of nitrogens with one attached hydrogen (secondary N) is 2. The third-order valence-corrected chi connectivity index (χ3v) is 6.64. The van der Waals surface area contributed by atoms with Crippen LogP contribution >= 0.6 is 11.3 Å². The van der Waals surface area contributed by atoms with E-state index in [0.29, 0.717) is 11.8 Å². The van der Waals surface area contributed by atoms with E-state index in [1.165, 1.54) is 12.0 Å². The van der Waals surface area contributed by atoms with Gasteiger partial charge in [-0.05, 0) is 51.3 Å². The van der Waals surface area contributed by atoms with Crippen LogP contribution in [0.3, 0.4) is 0 Å². The van der Waals surface area contributed by atoms with Crippen LogP contribution in [0.5, 0.6) is 5.75 Å². The molecule has 0 amide bonds.